The van der Waals surface area contributed by atoms with E-state index in [2.05, 4.69) is 10.3 Å². The zero-order valence-electron chi connectivity index (χ0n) is 14.9. The van der Waals surface area contributed by atoms with Crippen LogP contribution < -0.4 is 5.32 Å². The van der Waals surface area contributed by atoms with Crippen LogP contribution in [0.3, 0.4) is 0 Å². The van der Waals surface area contributed by atoms with Gasteiger partial charge in [0.25, 0.3) is 5.91 Å². The smallest absolute Gasteiger partial charge is 0.338 e. The van der Waals surface area contributed by atoms with Gasteiger partial charge in [0.2, 0.25) is 0 Å². The second kappa shape index (κ2) is 8.88. The molecule has 0 unspecified atom stereocenters. The van der Waals surface area contributed by atoms with Crippen LogP contribution in [0.5, 0.6) is 0 Å². The third kappa shape index (κ3) is 4.57. The average molecular weight is 392 g/mol. The molecule has 1 N–H and O–H groups in total. The SMILES string of the molecule is COC(=O)c1ccccc1C(=O)/C=C/c1ccc(C(=O)Nc2nccs2)cc1. The van der Waals surface area contributed by atoms with Crippen LogP contribution in [0.2, 0.25) is 0 Å². The summed E-state index contributed by atoms with van der Waals surface area (Å²) >= 11 is 1.34. The highest BCUT2D eigenvalue weighted by molar-refractivity contribution is 7.13. The third-order valence-corrected chi connectivity index (χ3v) is 4.54. The fourth-order valence-corrected chi connectivity index (χ4v) is 2.97. The molecule has 140 valence electrons. The van der Waals surface area contributed by atoms with Gasteiger partial charge in [-0.15, -0.1) is 11.3 Å². The predicted octanol–water partition coefficient (Wildman–Crippen LogP) is 4.08. The Bertz CT molecular complexity index is 1020. The second-order valence-electron chi connectivity index (χ2n) is 5.65. The molecule has 0 fully saturated rings. The number of rotatable bonds is 6. The van der Waals surface area contributed by atoms with E-state index in [9.17, 15) is 14.4 Å². The van der Waals surface area contributed by atoms with E-state index in [1.54, 1.807) is 66.2 Å². The molecule has 0 saturated heterocycles. The van der Waals surface area contributed by atoms with Gasteiger partial charge in [0, 0.05) is 22.7 Å². The number of carbonyl (C=O) groups is 3. The van der Waals surface area contributed by atoms with Gasteiger partial charge in [-0.25, -0.2) is 9.78 Å². The number of esters is 1. The molecule has 1 amide bonds. The van der Waals surface area contributed by atoms with E-state index in [4.69, 9.17) is 4.74 Å². The Hall–Kier alpha value is -3.58. The summed E-state index contributed by atoms with van der Waals surface area (Å²) in [6, 6.07) is 13.3. The Kier molecular flexibility index (Phi) is 6.08. The minimum absolute atomic E-state index is 0.217. The van der Waals surface area contributed by atoms with Gasteiger partial charge in [0.15, 0.2) is 10.9 Å². The predicted molar refractivity (Wildman–Crippen MR) is 108 cm³/mol. The number of hydrogen-bond donors (Lipinski definition) is 1. The first-order valence-corrected chi connectivity index (χ1v) is 9.17. The molecule has 0 spiro atoms. The minimum atomic E-state index is -0.562. The number of ketones is 1. The minimum Gasteiger partial charge on any atom is -0.465 e. The summed E-state index contributed by atoms with van der Waals surface area (Å²) in [5.74, 6) is -1.13. The molecule has 0 aliphatic heterocycles. The molecule has 1 aromatic heterocycles. The van der Waals surface area contributed by atoms with Crippen molar-refractivity contribution in [2.45, 2.75) is 0 Å². The summed E-state index contributed by atoms with van der Waals surface area (Å²) in [5, 5.41) is 5.01. The highest BCUT2D eigenvalue weighted by atomic mass is 32.1. The summed E-state index contributed by atoms with van der Waals surface area (Å²) in [5.41, 5.74) is 1.71. The maximum atomic E-state index is 12.4. The average Bonchev–Trinajstić information content (AvgIpc) is 3.24. The molecule has 0 aliphatic rings. The lowest BCUT2D eigenvalue weighted by Crippen LogP contribution is -2.11. The normalized spacial score (nSPS) is 10.6. The molecule has 1 heterocycles. The number of thiazole rings is 1. The van der Waals surface area contributed by atoms with Crippen LogP contribution in [-0.4, -0.2) is 29.8 Å². The number of hydrogen-bond acceptors (Lipinski definition) is 6. The van der Waals surface area contributed by atoms with Crippen molar-refractivity contribution in [3.8, 4) is 0 Å². The number of methoxy groups -OCH3 is 1. The van der Waals surface area contributed by atoms with Crippen molar-refractivity contribution < 1.29 is 19.1 Å². The Morgan fingerprint density at radius 3 is 2.39 bits per heavy atom. The van der Waals surface area contributed by atoms with Gasteiger partial charge in [0.1, 0.15) is 0 Å². The molecule has 2 aromatic carbocycles. The highest BCUT2D eigenvalue weighted by Crippen LogP contribution is 2.15. The summed E-state index contributed by atoms with van der Waals surface area (Å²) < 4.78 is 4.71. The van der Waals surface area contributed by atoms with E-state index in [0.717, 1.165) is 5.56 Å². The van der Waals surface area contributed by atoms with Crippen molar-refractivity contribution >= 4 is 40.2 Å². The monoisotopic (exact) mass is 392 g/mol. The van der Waals surface area contributed by atoms with E-state index in [1.807, 2.05) is 0 Å². The fraction of sp³-hybridized carbons (Fsp3) is 0.0476. The summed E-state index contributed by atoms with van der Waals surface area (Å²) in [6.07, 6.45) is 4.62. The molecule has 0 aliphatic carbocycles. The summed E-state index contributed by atoms with van der Waals surface area (Å²) in [7, 11) is 1.27. The van der Waals surface area contributed by atoms with Crippen molar-refractivity contribution in [1.82, 2.24) is 4.98 Å². The standard InChI is InChI=1S/C21H16N2O4S/c1-27-20(26)17-5-3-2-4-16(17)18(24)11-8-14-6-9-15(10-7-14)19(25)23-21-22-12-13-28-21/h2-13H,1H3,(H,22,23,25)/b11-8+. The van der Waals surface area contributed by atoms with Gasteiger partial charge in [0.05, 0.1) is 12.7 Å². The Morgan fingerprint density at radius 1 is 1.04 bits per heavy atom. The van der Waals surface area contributed by atoms with E-state index in [1.165, 1.54) is 24.5 Å². The lowest BCUT2D eigenvalue weighted by Gasteiger charge is -2.04. The maximum Gasteiger partial charge on any atom is 0.338 e. The quantitative estimate of drug-likeness (QED) is 0.388. The Morgan fingerprint density at radius 2 is 1.75 bits per heavy atom. The van der Waals surface area contributed by atoms with E-state index in [0.29, 0.717) is 10.7 Å². The van der Waals surface area contributed by atoms with Crippen molar-refractivity contribution in [3.05, 3.63) is 88.4 Å². The first-order chi connectivity index (χ1) is 13.6. The van der Waals surface area contributed by atoms with E-state index in [-0.39, 0.29) is 22.8 Å². The first kappa shape index (κ1) is 19.2. The summed E-state index contributed by atoms with van der Waals surface area (Å²) in [4.78, 5) is 40.4. The number of nitrogens with one attached hydrogen (secondary N) is 1. The zero-order valence-corrected chi connectivity index (χ0v) is 15.7. The molecule has 0 atom stereocenters. The lowest BCUT2D eigenvalue weighted by molar-refractivity contribution is 0.0597. The van der Waals surface area contributed by atoms with Gasteiger partial charge < -0.3 is 4.74 Å². The zero-order chi connectivity index (χ0) is 19.9. The lowest BCUT2D eigenvalue weighted by atomic mass is 10.0. The topological polar surface area (TPSA) is 85.4 Å². The van der Waals surface area contributed by atoms with Crippen LogP contribution in [0.1, 0.15) is 36.6 Å². The first-order valence-electron chi connectivity index (χ1n) is 8.29. The molecule has 3 rings (SSSR count). The van der Waals surface area contributed by atoms with Gasteiger partial charge in [-0.3, -0.25) is 14.9 Å². The van der Waals surface area contributed by atoms with Crippen LogP contribution in [-0.2, 0) is 4.74 Å². The molecule has 0 saturated carbocycles. The molecule has 28 heavy (non-hydrogen) atoms. The van der Waals surface area contributed by atoms with Gasteiger partial charge in [-0.1, -0.05) is 36.4 Å². The molecule has 0 radical (unpaired) electrons. The number of aromatic nitrogens is 1. The number of carbonyl (C=O) groups excluding carboxylic acids is 3. The Balaban J connectivity index is 1.70. The Labute approximate surface area is 165 Å². The number of amides is 1. The number of allylic oxidation sites excluding steroid dienone is 1. The van der Waals surface area contributed by atoms with E-state index >= 15 is 0 Å². The van der Waals surface area contributed by atoms with Gasteiger partial charge in [-0.2, -0.15) is 0 Å². The van der Waals surface area contributed by atoms with Crippen LogP contribution in [0, 0.1) is 0 Å². The van der Waals surface area contributed by atoms with Crippen LogP contribution >= 0.6 is 11.3 Å². The van der Waals surface area contributed by atoms with Gasteiger partial charge >= 0.3 is 5.97 Å². The third-order valence-electron chi connectivity index (χ3n) is 3.85. The van der Waals surface area contributed by atoms with Crippen molar-refractivity contribution in [1.29, 1.82) is 0 Å². The van der Waals surface area contributed by atoms with Gasteiger partial charge in [-0.05, 0) is 29.8 Å². The molecule has 6 nitrogen and oxygen atoms in total. The van der Waals surface area contributed by atoms with Crippen LogP contribution in [0.15, 0.2) is 66.2 Å². The van der Waals surface area contributed by atoms with Crippen molar-refractivity contribution in [2.24, 2.45) is 0 Å². The molecular weight excluding hydrogens is 376 g/mol. The largest absolute Gasteiger partial charge is 0.465 e. The number of anilines is 1. The maximum absolute atomic E-state index is 12.4. The van der Waals surface area contributed by atoms with Crippen molar-refractivity contribution in [3.63, 3.8) is 0 Å². The number of ether oxygens (including phenoxy) is 1. The van der Waals surface area contributed by atoms with Crippen molar-refractivity contribution in [2.75, 3.05) is 12.4 Å². The highest BCUT2D eigenvalue weighted by Gasteiger charge is 2.15. The molecular formula is C21H16N2O4S. The van der Waals surface area contributed by atoms with E-state index < -0.39 is 5.97 Å². The summed E-state index contributed by atoms with van der Waals surface area (Å²) in [6.45, 7) is 0. The molecule has 3 aromatic rings. The molecule has 7 heteroatoms. The number of benzene rings is 2. The van der Waals surface area contributed by atoms with Crippen LogP contribution in [0.4, 0.5) is 5.13 Å². The molecule has 0 bridgehead atoms. The fourth-order valence-electron chi connectivity index (χ4n) is 2.45. The second-order valence-corrected chi connectivity index (χ2v) is 6.54. The number of nitrogens with zero attached hydrogens (tertiary/aromatic N) is 1. The van der Waals surface area contributed by atoms with Crippen LogP contribution in [0.25, 0.3) is 6.08 Å².